The Labute approximate surface area is 476 Å². The van der Waals surface area contributed by atoms with Crippen LogP contribution in [0.4, 0.5) is 14.9 Å². The lowest BCUT2D eigenvalue weighted by atomic mass is 9.86. The van der Waals surface area contributed by atoms with Crippen molar-refractivity contribution in [1.29, 1.82) is 0 Å². The number of carbonyl (C=O) groups excluding carboxylic acids is 7. The molecule has 0 aliphatic carbocycles. The number of likely N-dealkylation sites (N-methyl/N-ethyl adjacent to an activating group) is 1. The Hall–Kier alpha value is -8.52. The summed E-state index contributed by atoms with van der Waals surface area (Å²) in [7, 11) is -2.47. The molecule has 0 saturated carbocycles. The number of nitrogens with one attached hydrogen (secondary N) is 2. The number of aliphatic hydroxyl groups excluding tert-OH is 3. The fraction of sp³-hybridized carbons (Fsp3) is 0.407. The molecular weight excluding hydrogens is 1130 g/mol. The molecule has 448 valence electrons. The molecule has 1 saturated heterocycles. The number of sulfone groups is 1. The van der Waals surface area contributed by atoms with Gasteiger partial charge >= 0.3 is 18.0 Å². The summed E-state index contributed by atoms with van der Waals surface area (Å²) >= 11 is 0. The number of nitrogens with zero attached hydrogens (tertiary/aromatic N) is 5. The van der Waals surface area contributed by atoms with Crippen LogP contribution in [0.2, 0.25) is 0 Å². The molecule has 6 atom stereocenters. The van der Waals surface area contributed by atoms with Crippen molar-refractivity contribution in [3.05, 3.63) is 104 Å². The summed E-state index contributed by atoms with van der Waals surface area (Å²) in [6.07, 6.45) is -7.46. The summed E-state index contributed by atoms with van der Waals surface area (Å²) in [6.45, 7) is 2.74. The minimum absolute atomic E-state index is 0.0470. The normalized spacial score (nSPS) is 20.6. The van der Waals surface area contributed by atoms with Gasteiger partial charge in [-0.25, -0.2) is 32.2 Å². The van der Waals surface area contributed by atoms with Gasteiger partial charge in [-0.3, -0.25) is 38.6 Å². The second kappa shape index (κ2) is 24.7. The number of aliphatic carboxylic acids is 1. The van der Waals surface area contributed by atoms with Crippen LogP contribution in [0.3, 0.4) is 0 Å². The molecule has 28 nitrogen and oxygen atoms in total. The molecular formula is C54H58FN7O21S. The van der Waals surface area contributed by atoms with Gasteiger partial charge in [-0.2, -0.15) is 0 Å². The van der Waals surface area contributed by atoms with E-state index in [1.54, 1.807) is 6.92 Å². The smallest absolute Gasteiger partial charge is 0.411 e. The number of imide groups is 1. The summed E-state index contributed by atoms with van der Waals surface area (Å²) in [5.41, 5.74) is -0.758. The average molecular weight is 1190 g/mol. The number of aliphatic hydroxyl groups is 4. The highest BCUT2D eigenvalue weighted by atomic mass is 32.2. The van der Waals surface area contributed by atoms with Crippen molar-refractivity contribution in [2.24, 2.45) is 0 Å². The molecule has 0 spiro atoms. The van der Waals surface area contributed by atoms with E-state index in [4.69, 9.17) is 28.7 Å². The largest absolute Gasteiger partial charge is 0.479 e. The zero-order valence-corrected chi connectivity index (χ0v) is 46.3. The van der Waals surface area contributed by atoms with Crippen LogP contribution in [0.15, 0.2) is 53.9 Å². The first-order valence-corrected chi connectivity index (χ1v) is 27.9. The Morgan fingerprint density at radius 1 is 1.01 bits per heavy atom. The molecule has 4 aliphatic rings. The van der Waals surface area contributed by atoms with Crippen LogP contribution in [-0.4, -0.2) is 189 Å². The quantitative estimate of drug-likeness (QED) is 0.0259. The number of cyclic esters (lactones) is 1. The van der Waals surface area contributed by atoms with E-state index in [0.29, 0.717) is 22.1 Å². The first-order valence-electron chi connectivity index (χ1n) is 25.8. The standard InChI is InChI=1S/C54H58FN7O21S/c1-6-28-26(3)33(55)18-35-43(28)29(30-20-62-36(44(30)58-35)17-32-31(49(62)71)23-80-52(74)54(32,76)7-2)19-56-39(64)24-79-25-60(14-15-84(5,77)78)53(75)81-22-27-8-9-37(82-51-47(70)45(68)46(69)48(83-51)50(72)73)34(16-27)57-38(63)21-59(4)40(65)12-13-61-41(66)10-11-42(61)67/h6,8-11,16-18,45-48,51,68-70,76H,1,7,12-15,19-25H2,2-5H3,(H,56,64)(H,57,63)(H,72,73)/t45-,46-,47+,48-,51+,54-/m0/s1. The Balaban J connectivity index is 0.970. The molecule has 2 aromatic heterocycles. The SMILES string of the molecule is C=Cc1c(C)c(F)cc2nc3c(c(CNC(=O)COCN(CCS(C)(=O)=O)C(=O)OCc4ccc(O[C@@H]5O[C@H](C(=O)O)[C@@H](O)[C@H](O)[C@H]5O)c(NC(=O)CN(C)C(=O)CCN5C(=O)C=CC5=O)c4)c12)Cn1c-3cc2c(c1=O)COC(=O)[C@]2(O)CC. The molecule has 8 rings (SSSR count). The summed E-state index contributed by atoms with van der Waals surface area (Å²) < 4.78 is 68.6. The molecule has 7 N–H and O–H groups in total. The first kappa shape index (κ1) is 61.5. The van der Waals surface area contributed by atoms with E-state index in [-0.39, 0.29) is 89.7 Å². The van der Waals surface area contributed by atoms with Crippen LogP contribution in [-0.2, 0) is 94.3 Å². The minimum Gasteiger partial charge on any atom is -0.479 e. The number of carboxylic acids is 1. The van der Waals surface area contributed by atoms with E-state index in [9.17, 15) is 77.1 Å². The molecule has 6 heterocycles. The highest BCUT2D eigenvalue weighted by Gasteiger charge is 2.49. The second-order valence-corrected chi connectivity index (χ2v) is 22.4. The number of pyridine rings is 2. The van der Waals surface area contributed by atoms with E-state index < -0.39 is 144 Å². The third-order valence-corrected chi connectivity index (χ3v) is 15.4. The molecule has 84 heavy (non-hydrogen) atoms. The minimum atomic E-state index is -3.73. The topological polar surface area (TPSA) is 387 Å². The number of hydrogen-bond acceptors (Lipinski definition) is 21. The van der Waals surface area contributed by atoms with E-state index in [0.717, 1.165) is 39.2 Å². The lowest BCUT2D eigenvalue weighted by molar-refractivity contribution is -0.271. The Morgan fingerprint density at radius 2 is 1.73 bits per heavy atom. The maximum atomic E-state index is 15.4. The highest BCUT2D eigenvalue weighted by Crippen LogP contribution is 2.42. The van der Waals surface area contributed by atoms with Crippen LogP contribution in [0.1, 0.15) is 58.7 Å². The average Bonchev–Trinajstić information content (AvgIpc) is 2.04. The number of ether oxygens (including phenoxy) is 5. The molecule has 0 radical (unpaired) electrons. The third-order valence-electron chi connectivity index (χ3n) is 14.5. The van der Waals surface area contributed by atoms with Crippen molar-refractivity contribution in [3.8, 4) is 17.1 Å². The van der Waals surface area contributed by atoms with Gasteiger partial charge in [0.05, 0.1) is 47.0 Å². The predicted octanol–water partition coefficient (Wildman–Crippen LogP) is -0.573. The number of benzene rings is 2. The second-order valence-electron chi connectivity index (χ2n) is 20.1. The number of amides is 6. The zero-order chi connectivity index (χ0) is 61.3. The predicted molar refractivity (Wildman–Crippen MR) is 287 cm³/mol. The third kappa shape index (κ3) is 12.7. The summed E-state index contributed by atoms with van der Waals surface area (Å²) in [4.78, 5) is 124. The number of carboxylic acid groups (broad SMARTS) is 1. The Morgan fingerprint density at radius 3 is 2.39 bits per heavy atom. The van der Waals surface area contributed by atoms with Gasteiger partial charge in [0.2, 0.25) is 24.0 Å². The molecule has 4 aliphatic heterocycles. The Kier molecular flexibility index (Phi) is 18.1. The number of fused-ring (bicyclic) bond motifs is 5. The number of carbonyl (C=O) groups is 8. The molecule has 1 fully saturated rings. The lowest BCUT2D eigenvalue weighted by Crippen LogP contribution is -2.61. The van der Waals surface area contributed by atoms with Gasteiger partial charge in [-0.05, 0) is 53.8 Å². The van der Waals surface area contributed by atoms with Gasteiger partial charge in [0.15, 0.2) is 11.7 Å². The van der Waals surface area contributed by atoms with Crippen molar-refractivity contribution >= 4 is 80.1 Å². The maximum absolute atomic E-state index is 15.4. The maximum Gasteiger partial charge on any atom is 0.411 e. The van der Waals surface area contributed by atoms with E-state index >= 15 is 4.39 Å². The van der Waals surface area contributed by atoms with Crippen LogP contribution < -0.4 is 20.9 Å². The lowest BCUT2D eigenvalue weighted by Gasteiger charge is -2.38. The van der Waals surface area contributed by atoms with Crippen LogP contribution in [0.5, 0.6) is 5.75 Å². The number of hydrogen-bond donors (Lipinski definition) is 7. The van der Waals surface area contributed by atoms with Gasteiger partial charge < -0.3 is 69.3 Å². The Bertz CT molecular complexity index is 3610. The van der Waals surface area contributed by atoms with Gasteiger partial charge in [0.1, 0.15) is 66.3 Å². The van der Waals surface area contributed by atoms with E-state index in [1.807, 2.05) is 0 Å². The van der Waals surface area contributed by atoms with Gasteiger partial charge in [-0.1, -0.05) is 25.6 Å². The van der Waals surface area contributed by atoms with Crippen molar-refractivity contribution in [2.45, 2.75) is 89.3 Å². The molecule has 0 bridgehead atoms. The van der Waals surface area contributed by atoms with Gasteiger partial charge in [0, 0.05) is 74.1 Å². The van der Waals surface area contributed by atoms with Crippen molar-refractivity contribution < 1.29 is 100 Å². The molecule has 30 heteroatoms. The molecule has 6 amide bonds. The zero-order valence-electron chi connectivity index (χ0n) is 45.5. The van der Waals surface area contributed by atoms with Crippen LogP contribution in [0, 0.1) is 12.7 Å². The fourth-order valence-corrected chi connectivity index (χ4v) is 10.3. The van der Waals surface area contributed by atoms with Gasteiger partial charge in [0.25, 0.3) is 17.4 Å². The number of aromatic nitrogens is 2. The molecule has 0 unspecified atom stereocenters. The number of rotatable bonds is 22. The van der Waals surface area contributed by atoms with Crippen LogP contribution in [0.25, 0.3) is 28.4 Å². The van der Waals surface area contributed by atoms with Crippen molar-refractivity contribution in [2.75, 3.05) is 57.3 Å². The summed E-state index contributed by atoms with van der Waals surface area (Å²) in [5, 5.41) is 57.9. The number of anilines is 1. The molecule has 2 aromatic carbocycles. The van der Waals surface area contributed by atoms with Crippen molar-refractivity contribution in [1.82, 2.24) is 29.6 Å². The van der Waals surface area contributed by atoms with E-state index in [2.05, 4.69) is 17.2 Å². The first-order chi connectivity index (χ1) is 39.7. The molecule has 4 aromatic rings. The summed E-state index contributed by atoms with van der Waals surface area (Å²) in [5.74, 6) is -7.74. The fourth-order valence-electron chi connectivity index (χ4n) is 9.78. The summed E-state index contributed by atoms with van der Waals surface area (Å²) in [6, 6.07) is 6.31. The van der Waals surface area contributed by atoms with Crippen LogP contribution >= 0.6 is 0 Å². The number of halogens is 1. The highest BCUT2D eigenvalue weighted by molar-refractivity contribution is 7.90. The van der Waals surface area contributed by atoms with Crippen molar-refractivity contribution in [3.63, 3.8) is 0 Å². The van der Waals surface area contributed by atoms with Gasteiger partial charge in [-0.15, -0.1) is 0 Å². The van der Waals surface area contributed by atoms with E-state index in [1.165, 1.54) is 48.9 Å². The monoisotopic (exact) mass is 1190 g/mol. The number of esters is 1.